The van der Waals surface area contributed by atoms with Gasteiger partial charge in [-0.1, -0.05) is 6.07 Å². The fourth-order valence-corrected chi connectivity index (χ4v) is 3.47. The summed E-state index contributed by atoms with van der Waals surface area (Å²) in [6.45, 7) is 0.933. The van der Waals surface area contributed by atoms with Gasteiger partial charge in [0.15, 0.2) is 0 Å². The summed E-state index contributed by atoms with van der Waals surface area (Å²) in [6, 6.07) is 8.14. The van der Waals surface area contributed by atoms with Gasteiger partial charge in [-0.05, 0) is 65.3 Å². The van der Waals surface area contributed by atoms with Crippen molar-refractivity contribution < 1.29 is 4.74 Å². The zero-order chi connectivity index (χ0) is 16.2. The summed E-state index contributed by atoms with van der Waals surface area (Å²) in [5, 5.41) is 4.38. The Morgan fingerprint density at radius 2 is 2.22 bits per heavy atom. The predicted octanol–water partition coefficient (Wildman–Crippen LogP) is 4.08. The van der Waals surface area contributed by atoms with E-state index in [-0.39, 0.29) is 5.92 Å². The number of aromatic nitrogens is 2. The Labute approximate surface area is 144 Å². The lowest BCUT2D eigenvalue weighted by atomic mass is 9.89. The highest BCUT2D eigenvalue weighted by Gasteiger charge is 2.21. The number of hydrogen-bond donors (Lipinski definition) is 2. The molecule has 1 aromatic carbocycles. The Morgan fingerprint density at radius 3 is 2.91 bits per heavy atom. The van der Waals surface area contributed by atoms with E-state index in [1.807, 2.05) is 37.6 Å². The van der Waals surface area contributed by atoms with Crippen LogP contribution in [-0.4, -0.2) is 30.7 Å². The molecule has 0 saturated carbocycles. The lowest BCUT2D eigenvalue weighted by Crippen LogP contribution is -2.13. The SMILES string of the molecule is CNCCC(c1cccnc1)c1c[nH]c2c(Br)ccc(OC)c12. The first-order chi connectivity index (χ1) is 11.3. The number of benzene rings is 1. The largest absolute Gasteiger partial charge is 0.496 e. The quantitative estimate of drug-likeness (QED) is 0.684. The summed E-state index contributed by atoms with van der Waals surface area (Å²) < 4.78 is 6.64. The number of nitrogens with one attached hydrogen (secondary N) is 2. The lowest BCUT2D eigenvalue weighted by Gasteiger charge is -2.17. The van der Waals surface area contributed by atoms with Crippen LogP contribution in [0.1, 0.15) is 23.5 Å². The molecule has 1 unspecified atom stereocenters. The molecular weight excluding hydrogens is 354 g/mol. The second kappa shape index (κ2) is 7.15. The van der Waals surface area contributed by atoms with Crippen LogP contribution in [0.4, 0.5) is 0 Å². The van der Waals surface area contributed by atoms with Gasteiger partial charge in [0.25, 0.3) is 0 Å². The van der Waals surface area contributed by atoms with Gasteiger partial charge in [0, 0.05) is 34.4 Å². The minimum absolute atomic E-state index is 0.257. The molecule has 23 heavy (non-hydrogen) atoms. The molecule has 2 heterocycles. The van der Waals surface area contributed by atoms with Gasteiger partial charge in [0.1, 0.15) is 5.75 Å². The number of fused-ring (bicyclic) bond motifs is 1. The molecule has 3 aromatic rings. The zero-order valence-corrected chi connectivity index (χ0v) is 14.9. The summed E-state index contributed by atoms with van der Waals surface area (Å²) in [6.07, 6.45) is 6.84. The third-order valence-electron chi connectivity index (χ3n) is 4.14. The topological polar surface area (TPSA) is 49.9 Å². The number of hydrogen-bond acceptors (Lipinski definition) is 3. The fourth-order valence-electron chi connectivity index (χ4n) is 3.03. The Kier molecular flexibility index (Phi) is 4.98. The maximum Gasteiger partial charge on any atom is 0.128 e. The number of aromatic amines is 1. The monoisotopic (exact) mass is 373 g/mol. The number of rotatable bonds is 6. The molecule has 0 fully saturated rings. The molecule has 5 heteroatoms. The van der Waals surface area contributed by atoms with Crippen LogP contribution in [-0.2, 0) is 0 Å². The summed E-state index contributed by atoms with van der Waals surface area (Å²) in [7, 11) is 3.69. The van der Waals surface area contributed by atoms with Crippen LogP contribution in [0.5, 0.6) is 5.75 Å². The van der Waals surface area contributed by atoms with Crippen LogP contribution >= 0.6 is 15.9 Å². The van der Waals surface area contributed by atoms with Gasteiger partial charge in [0.05, 0.1) is 12.6 Å². The first-order valence-electron chi connectivity index (χ1n) is 7.64. The lowest BCUT2D eigenvalue weighted by molar-refractivity contribution is 0.419. The molecular formula is C18H20BrN3O. The van der Waals surface area contributed by atoms with Crippen molar-refractivity contribution in [2.75, 3.05) is 20.7 Å². The van der Waals surface area contributed by atoms with Crippen molar-refractivity contribution in [3.05, 3.63) is 58.5 Å². The van der Waals surface area contributed by atoms with Crippen LogP contribution in [0.2, 0.25) is 0 Å². The van der Waals surface area contributed by atoms with E-state index in [4.69, 9.17) is 4.74 Å². The molecule has 0 aliphatic carbocycles. The molecule has 0 radical (unpaired) electrons. The second-order valence-electron chi connectivity index (χ2n) is 5.47. The molecule has 1 atom stereocenters. The molecule has 0 bridgehead atoms. The number of nitrogens with zero attached hydrogens (tertiary/aromatic N) is 1. The molecule has 2 N–H and O–H groups in total. The summed E-state index contributed by atoms with van der Waals surface area (Å²) in [5.41, 5.74) is 3.52. The molecule has 0 aliphatic rings. The van der Waals surface area contributed by atoms with Crippen molar-refractivity contribution in [2.45, 2.75) is 12.3 Å². The standard InChI is InChI=1S/C18H20BrN3O/c1-20-9-7-13(12-4-3-8-21-10-12)14-11-22-18-15(19)5-6-16(23-2)17(14)18/h3-6,8,10-11,13,20,22H,7,9H2,1-2H3. The van der Waals surface area contributed by atoms with Crippen molar-refractivity contribution in [1.82, 2.24) is 15.3 Å². The Balaban J connectivity index is 2.16. The van der Waals surface area contributed by atoms with E-state index < -0.39 is 0 Å². The summed E-state index contributed by atoms with van der Waals surface area (Å²) >= 11 is 3.62. The minimum Gasteiger partial charge on any atom is -0.496 e. The normalized spacial score (nSPS) is 12.5. The van der Waals surface area contributed by atoms with Gasteiger partial charge in [-0.3, -0.25) is 4.98 Å². The third-order valence-corrected chi connectivity index (χ3v) is 4.80. The Bertz CT molecular complexity index is 786. The maximum absolute atomic E-state index is 5.60. The second-order valence-corrected chi connectivity index (χ2v) is 6.33. The number of pyridine rings is 1. The molecule has 2 aromatic heterocycles. The fraction of sp³-hybridized carbons (Fsp3) is 0.278. The molecule has 0 amide bonds. The van der Waals surface area contributed by atoms with Gasteiger partial charge in [0.2, 0.25) is 0 Å². The van der Waals surface area contributed by atoms with Crippen LogP contribution in [0.15, 0.2) is 47.3 Å². The van der Waals surface area contributed by atoms with Crippen LogP contribution in [0.3, 0.4) is 0 Å². The van der Waals surface area contributed by atoms with Crippen molar-refractivity contribution in [2.24, 2.45) is 0 Å². The molecule has 4 nitrogen and oxygen atoms in total. The molecule has 120 valence electrons. The van der Waals surface area contributed by atoms with E-state index in [1.54, 1.807) is 7.11 Å². The van der Waals surface area contributed by atoms with Crippen molar-refractivity contribution in [3.8, 4) is 5.75 Å². The van der Waals surface area contributed by atoms with Gasteiger partial charge in [-0.2, -0.15) is 0 Å². The third kappa shape index (κ3) is 3.12. The van der Waals surface area contributed by atoms with E-state index in [2.05, 4.69) is 43.5 Å². The van der Waals surface area contributed by atoms with Crippen LogP contribution in [0.25, 0.3) is 10.9 Å². The predicted molar refractivity (Wildman–Crippen MR) is 97.2 cm³/mol. The van der Waals surface area contributed by atoms with E-state index in [1.165, 1.54) is 11.1 Å². The van der Waals surface area contributed by atoms with E-state index in [9.17, 15) is 0 Å². The van der Waals surface area contributed by atoms with Crippen LogP contribution < -0.4 is 10.1 Å². The van der Waals surface area contributed by atoms with Gasteiger partial charge < -0.3 is 15.0 Å². The molecule has 0 saturated heterocycles. The first kappa shape index (κ1) is 16.0. The highest BCUT2D eigenvalue weighted by molar-refractivity contribution is 9.10. The van der Waals surface area contributed by atoms with Gasteiger partial charge in [-0.15, -0.1) is 0 Å². The highest BCUT2D eigenvalue weighted by Crippen LogP contribution is 2.40. The Morgan fingerprint density at radius 1 is 1.35 bits per heavy atom. The smallest absolute Gasteiger partial charge is 0.128 e. The zero-order valence-electron chi connectivity index (χ0n) is 13.3. The number of halogens is 1. The summed E-state index contributed by atoms with van der Waals surface area (Å²) in [5.74, 6) is 1.14. The average molecular weight is 374 g/mol. The molecule has 3 rings (SSSR count). The van der Waals surface area contributed by atoms with Crippen molar-refractivity contribution >= 4 is 26.8 Å². The number of H-pyrrole nitrogens is 1. The first-order valence-corrected chi connectivity index (χ1v) is 8.43. The number of ether oxygens (including phenoxy) is 1. The van der Waals surface area contributed by atoms with Crippen molar-refractivity contribution in [3.63, 3.8) is 0 Å². The minimum atomic E-state index is 0.257. The van der Waals surface area contributed by atoms with E-state index >= 15 is 0 Å². The van der Waals surface area contributed by atoms with E-state index in [0.29, 0.717) is 0 Å². The number of methoxy groups -OCH3 is 1. The summed E-state index contributed by atoms with van der Waals surface area (Å²) in [4.78, 5) is 7.68. The van der Waals surface area contributed by atoms with Gasteiger partial charge in [-0.25, -0.2) is 0 Å². The molecule has 0 aliphatic heterocycles. The maximum atomic E-state index is 5.60. The molecule has 0 spiro atoms. The average Bonchev–Trinajstić information content (AvgIpc) is 3.03. The van der Waals surface area contributed by atoms with Gasteiger partial charge >= 0.3 is 0 Å². The Hall–Kier alpha value is -1.85. The van der Waals surface area contributed by atoms with Crippen molar-refractivity contribution in [1.29, 1.82) is 0 Å². The van der Waals surface area contributed by atoms with E-state index in [0.717, 1.165) is 34.1 Å². The highest BCUT2D eigenvalue weighted by atomic mass is 79.9. The van der Waals surface area contributed by atoms with Crippen LogP contribution in [0, 0.1) is 0 Å².